The Morgan fingerprint density at radius 1 is 1.29 bits per heavy atom. The summed E-state index contributed by atoms with van der Waals surface area (Å²) in [5, 5.41) is 22.8. The SMILES string of the molecule is CC1CC(C)(C)CC2(C1)NC(=O)N(CC(=O)Nc1nnc(SCc3ccc(C#N)cc3)s1)C2=O. The minimum Gasteiger partial charge on any atom is -0.323 e. The lowest BCUT2D eigenvalue weighted by Crippen LogP contribution is -2.54. The van der Waals surface area contributed by atoms with E-state index in [1.54, 1.807) is 12.1 Å². The van der Waals surface area contributed by atoms with Crippen LogP contribution in [0.1, 0.15) is 51.2 Å². The van der Waals surface area contributed by atoms with E-state index in [2.05, 4.69) is 47.7 Å². The Hall–Kier alpha value is -2.97. The van der Waals surface area contributed by atoms with Crippen molar-refractivity contribution < 1.29 is 14.4 Å². The van der Waals surface area contributed by atoms with Crippen LogP contribution in [0.25, 0.3) is 0 Å². The predicted octanol–water partition coefficient (Wildman–Crippen LogP) is 3.78. The number of nitriles is 1. The molecule has 0 radical (unpaired) electrons. The van der Waals surface area contributed by atoms with Crippen LogP contribution in [0.3, 0.4) is 0 Å². The lowest BCUT2D eigenvalue weighted by Gasteiger charge is -2.43. The van der Waals surface area contributed by atoms with Crippen molar-refractivity contribution in [2.24, 2.45) is 11.3 Å². The molecule has 2 aromatic rings. The molecule has 1 saturated heterocycles. The molecule has 2 fully saturated rings. The summed E-state index contributed by atoms with van der Waals surface area (Å²) in [6.07, 6.45) is 2.12. The summed E-state index contributed by atoms with van der Waals surface area (Å²) < 4.78 is 0.673. The predicted molar refractivity (Wildman–Crippen MR) is 129 cm³/mol. The van der Waals surface area contributed by atoms with Gasteiger partial charge in [0.05, 0.1) is 11.6 Å². The minimum atomic E-state index is -0.934. The fourth-order valence-electron chi connectivity index (χ4n) is 5.09. The maximum Gasteiger partial charge on any atom is 0.325 e. The molecule has 1 aromatic carbocycles. The van der Waals surface area contributed by atoms with Crippen molar-refractivity contribution >= 4 is 46.1 Å². The zero-order valence-corrected chi connectivity index (χ0v) is 20.9. The number of rotatable bonds is 6. The van der Waals surface area contributed by atoms with Gasteiger partial charge in [-0.2, -0.15) is 5.26 Å². The molecule has 178 valence electrons. The number of amides is 4. The van der Waals surface area contributed by atoms with Gasteiger partial charge in [0.15, 0.2) is 4.34 Å². The van der Waals surface area contributed by atoms with E-state index in [1.807, 2.05) is 12.1 Å². The highest BCUT2D eigenvalue weighted by Gasteiger charge is 2.56. The van der Waals surface area contributed by atoms with Gasteiger partial charge in [0.1, 0.15) is 12.1 Å². The molecule has 2 N–H and O–H groups in total. The monoisotopic (exact) mass is 498 g/mol. The average molecular weight is 499 g/mol. The molecule has 2 unspecified atom stereocenters. The Balaban J connectivity index is 1.33. The fraction of sp³-hybridized carbons (Fsp3) is 0.478. The molecule has 11 heteroatoms. The van der Waals surface area contributed by atoms with Gasteiger partial charge >= 0.3 is 6.03 Å². The second kappa shape index (κ2) is 9.35. The molecule has 1 aromatic heterocycles. The van der Waals surface area contributed by atoms with E-state index in [-0.39, 0.29) is 17.9 Å². The number of hydrogen-bond acceptors (Lipinski definition) is 8. The van der Waals surface area contributed by atoms with Gasteiger partial charge in [0.2, 0.25) is 11.0 Å². The molecule has 2 aliphatic rings. The normalized spacial score (nSPS) is 23.6. The summed E-state index contributed by atoms with van der Waals surface area (Å²) in [4.78, 5) is 39.4. The Kier molecular flexibility index (Phi) is 6.64. The van der Waals surface area contributed by atoms with Gasteiger partial charge in [-0.05, 0) is 48.3 Å². The number of imide groups is 1. The second-order valence-electron chi connectivity index (χ2n) is 9.78. The topological polar surface area (TPSA) is 128 Å². The summed E-state index contributed by atoms with van der Waals surface area (Å²) >= 11 is 2.69. The molecule has 9 nitrogen and oxygen atoms in total. The number of anilines is 1. The Bertz CT molecular complexity index is 1160. The van der Waals surface area contributed by atoms with Crippen molar-refractivity contribution in [3.8, 4) is 6.07 Å². The van der Waals surface area contributed by atoms with Gasteiger partial charge in [-0.1, -0.05) is 56.0 Å². The molecule has 2 heterocycles. The van der Waals surface area contributed by atoms with E-state index in [4.69, 9.17) is 5.26 Å². The van der Waals surface area contributed by atoms with Crippen molar-refractivity contribution in [1.29, 1.82) is 5.26 Å². The highest BCUT2D eigenvalue weighted by atomic mass is 32.2. The van der Waals surface area contributed by atoms with Crippen molar-refractivity contribution in [3.05, 3.63) is 35.4 Å². The number of urea groups is 1. The fourth-order valence-corrected chi connectivity index (χ4v) is 6.82. The number of carbonyl (C=O) groups excluding carboxylic acids is 3. The Morgan fingerprint density at radius 3 is 2.71 bits per heavy atom. The summed E-state index contributed by atoms with van der Waals surface area (Å²) in [7, 11) is 0. The molecule has 0 bridgehead atoms. The molecule has 1 aliphatic heterocycles. The molecular formula is C23H26N6O3S2. The first-order valence-electron chi connectivity index (χ1n) is 11.0. The van der Waals surface area contributed by atoms with Crippen LogP contribution in [-0.4, -0.2) is 45.0 Å². The summed E-state index contributed by atoms with van der Waals surface area (Å²) in [5.74, 6) is 0.114. The van der Waals surface area contributed by atoms with Crippen molar-refractivity contribution in [1.82, 2.24) is 20.4 Å². The smallest absolute Gasteiger partial charge is 0.323 e. The molecule has 1 aliphatic carbocycles. The number of hydrogen-bond donors (Lipinski definition) is 2. The molecule has 4 amide bonds. The lowest BCUT2D eigenvalue weighted by atomic mass is 9.64. The van der Waals surface area contributed by atoms with Gasteiger partial charge in [-0.3, -0.25) is 19.8 Å². The maximum absolute atomic E-state index is 13.2. The number of nitrogens with one attached hydrogen (secondary N) is 2. The van der Waals surface area contributed by atoms with Crippen LogP contribution in [0, 0.1) is 22.7 Å². The highest BCUT2D eigenvalue weighted by Crippen LogP contribution is 2.46. The summed E-state index contributed by atoms with van der Waals surface area (Å²) in [5.41, 5.74) is 0.637. The zero-order chi connectivity index (χ0) is 24.5. The van der Waals surface area contributed by atoms with E-state index in [9.17, 15) is 14.4 Å². The third-order valence-electron chi connectivity index (χ3n) is 6.02. The van der Waals surface area contributed by atoms with E-state index in [0.717, 1.165) is 16.9 Å². The zero-order valence-electron chi connectivity index (χ0n) is 19.3. The van der Waals surface area contributed by atoms with Gasteiger partial charge in [-0.15, -0.1) is 10.2 Å². The van der Waals surface area contributed by atoms with Gasteiger partial charge in [0, 0.05) is 5.75 Å². The van der Waals surface area contributed by atoms with Crippen LogP contribution < -0.4 is 10.6 Å². The van der Waals surface area contributed by atoms with Crippen molar-refractivity contribution in [2.45, 2.75) is 55.7 Å². The van der Waals surface area contributed by atoms with Crippen molar-refractivity contribution in [2.75, 3.05) is 11.9 Å². The summed E-state index contributed by atoms with van der Waals surface area (Å²) in [6.45, 7) is 5.93. The third-order valence-corrected chi connectivity index (χ3v) is 8.07. The van der Waals surface area contributed by atoms with Crippen LogP contribution in [-0.2, 0) is 15.3 Å². The van der Waals surface area contributed by atoms with Crippen LogP contribution in [0.2, 0.25) is 0 Å². The Labute approximate surface area is 206 Å². The molecular weight excluding hydrogens is 472 g/mol. The van der Waals surface area contributed by atoms with Gasteiger partial charge < -0.3 is 5.32 Å². The minimum absolute atomic E-state index is 0.0722. The van der Waals surface area contributed by atoms with E-state index in [1.165, 1.54) is 23.1 Å². The highest BCUT2D eigenvalue weighted by molar-refractivity contribution is 8.00. The van der Waals surface area contributed by atoms with Gasteiger partial charge in [0.25, 0.3) is 5.91 Å². The average Bonchev–Trinajstić information content (AvgIpc) is 3.29. The lowest BCUT2D eigenvalue weighted by molar-refractivity contribution is -0.136. The van der Waals surface area contributed by atoms with Crippen LogP contribution >= 0.6 is 23.1 Å². The summed E-state index contributed by atoms with van der Waals surface area (Å²) in [6, 6.07) is 8.85. The number of carbonyl (C=O) groups is 3. The van der Waals surface area contributed by atoms with Gasteiger partial charge in [-0.25, -0.2) is 4.79 Å². The molecule has 2 atom stereocenters. The Morgan fingerprint density at radius 2 is 2.03 bits per heavy atom. The number of thioether (sulfide) groups is 1. The second-order valence-corrected chi connectivity index (χ2v) is 12.0. The largest absolute Gasteiger partial charge is 0.325 e. The molecule has 1 spiro atoms. The first-order chi connectivity index (χ1) is 16.1. The van der Waals surface area contributed by atoms with Crippen molar-refractivity contribution in [3.63, 3.8) is 0 Å². The number of benzene rings is 1. The van der Waals surface area contributed by atoms with Crippen LogP contribution in [0.4, 0.5) is 9.93 Å². The quantitative estimate of drug-likeness (QED) is 0.352. The molecule has 34 heavy (non-hydrogen) atoms. The van der Waals surface area contributed by atoms with E-state index in [0.29, 0.717) is 39.5 Å². The van der Waals surface area contributed by atoms with E-state index >= 15 is 0 Å². The standard InChI is InChI=1S/C23H26N6O3S2/c1-14-8-22(2,3)13-23(9-14)18(31)29(20(32)26-23)11-17(30)25-19-27-28-21(34-19)33-12-16-6-4-15(10-24)5-7-16/h4-7,14H,8-9,11-13H2,1-3H3,(H,26,32)(H,25,27,30). The number of nitrogens with zero attached hydrogens (tertiary/aromatic N) is 4. The maximum atomic E-state index is 13.2. The van der Waals surface area contributed by atoms with Crippen LogP contribution in [0.5, 0.6) is 0 Å². The molecule has 4 rings (SSSR count). The van der Waals surface area contributed by atoms with E-state index < -0.39 is 17.5 Å². The first kappa shape index (κ1) is 24.2. The number of aromatic nitrogens is 2. The third kappa shape index (κ3) is 5.23. The molecule has 1 saturated carbocycles. The van der Waals surface area contributed by atoms with Crippen LogP contribution in [0.15, 0.2) is 28.6 Å². The first-order valence-corrected chi connectivity index (χ1v) is 12.8.